The first-order chi connectivity index (χ1) is 7.89. The van der Waals surface area contributed by atoms with E-state index in [0.29, 0.717) is 17.4 Å². The van der Waals surface area contributed by atoms with Crippen molar-refractivity contribution in [2.24, 2.45) is 17.3 Å². The SMILES string of the molecule is C/C=C(/C)C(=O)O[C@@H]1[C@H]2C(C)=CC[C@@H]1C2(C)C. The Kier molecular flexibility index (Phi) is 2.92. The Bertz CT molecular complexity index is 401. The molecular formula is C15H22O2. The van der Waals surface area contributed by atoms with Crippen molar-refractivity contribution in [1.82, 2.24) is 0 Å². The minimum absolute atomic E-state index is 0.0948. The molecule has 0 radical (unpaired) electrons. The van der Waals surface area contributed by atoms with Crippen LogP contribution in [0.15, 0.2) is 23.3 Å². The van der Waals surface area contributed by atoms with Crippen LogP contribution < -0.4 is 0 Å². The summed E-state index contributed by atoms with van der Waals surface area (Å²) in [6.07, 6.45) is 5.25. The van der Waals surface area contributed by atoms with Crippen LogP contribution in [0.25, 0.3) is 0 Å². The quantitative estimate of drug-likeness (QED) is 0.415. The first-order valence-electron chi connectivity index (χ1n) is 6.40. The fourth-order valence-corrected chi connectivity index (χ4v) is 3.40. The summed E-state index contributed by atoms with van der Waals surface area (Å²) in [5.74, 6) is 0.748. The molecule has 0 amide bonds. The van der Waals surface area contributed by atoms with Crippen molar-refractivity contribution in [1.29, 1.82) is 0 Å². The van der Waals surface area contributed by atoms with Crippen LogP contribution in [0.5, 0.6) is 0 Å². The van der Waals surface area contributed by atoms with Crippen molar-refractivity contribution in [2.75, 3.05) is 0 Å². The van der Waals surface area contributed by atoms with Crippen molar-refractivity contribution in [2.45, 2.75) is 47.1 Å². The van der Waals surface area contributed by atoms with Gasteiger partial charge in [0.15, 0.2) is 0 Å². The summed E-state index contributed by atoms with van der Waals surface area (Å²) in [7, 11) is 0. The maximum Gasteiger partial charge on any atom is 0.333 e. The Morgan fingerprint density at radius 3 is 2.65 bits per heavy atom. The van der Waals surface area contributed by atoms with Gasteiger partial charge in [0.05, 0.1) is 0 Å². The van der Waals surface area contributed by atoms with Crippen LogP contribution in [-0.4, -0.2) is 12.1 Å². The number of hydrogen-bond donors (Lipinski definition) is 0. The Morgan fingerprint density at radius 2 is 2.18 bits per heavy atom. The van der Waals surface area contributed by atoms with E-state index in [9.17, 15) is 4.79 Å². The van der Waals surface area contributed by atoms with Gasteiger partial charge in [-0.3, -0.25) is 0 Å². The fourth-order valence-electron chi connectivity index (χ4n) is 3.40. The van der Waals surface area contributed by atoms with Gasteiger partial charge in [-0.2, -0.15) is 0 Å². The Hall–Kier alpha value is -1.05. The Morgan fingerprint density at radius 1 is 1.53 bits per heavy atom. The van der Waals surface area contributed by atoms with Gasteiger partial charge in [-0.25, -0.2) is 4.79 Å². The van der Waals surface area contributed by atoms with Gasteiger partial charge in [-0.05, 0) is 32.6 Å². The van der Waals surface area contributed by atoms with Gasteiger partial charge in [0.1, 0.15) is 6.10 Å². The third kappa shape index (κ3) is 1.74. The zero-order valence-electron chi connectivity index (χ0n) is 11.4. The maximum atomic E-state index is 11.8. The fraction of sp³-hybridized carbons (Fsp3) is 0.667. The predicted molar refractivity (Wildman–Crippen MR) is 68.4 cm³/mol. The number of carbonyl (C=O) groups is 1. The van der Waals surface area contributed by atoms with Crippen LogP contribution in [0.2, 0.25) is 0 Å². The number of esters is 1. The van der Waals surface area contributed by atoms with Crippen molar-refractivity contribution in [3.05, 3.63) is 23.3 Å². The molecule has 0 aromatic carbocycles. The highest BCUT2D eigenvalue weighted by Gasteiger charge is 2.60. The third-order valence-electron chi connectivity index (χ3n) is 4.66. The van der Waals surface area contributed by atoms with E-state index in [1.165, 1.54) is 5.57 Å². The smallest absolute Gasteiger partial charge is 0.333 e. The van der Waals surface area contributed by atoms with Gasteiger partial charge in [0.25, 0.3) is 0 Å². The molecule has 0 aromatic heterocycles. The van der Waals surface area contributed by atoms with Crippen LogP contribution in [-0.2, 0) is 9.53 Å². The maximum absolute atomic E-state index is 11.8. The summed E-state index contributed by atoms with van der Waals surface area (Å²) in [5, 5.41) is 0. The summed E-state index contributed by atoms with van der Waals surface area (Å²) in [4.78, 5) is 11.8. The van der Waals surface area contributed by atoms with E-state index < -0.39 is 0 Å². The average Bonchev–Trinajstić information content (AvgIpc) is 2.26. The molecule has 0 aliphatic heterocycles. The third-order valence-corrected chi connectivity index (χ3v) is 4.66. The Balaban J connectivity index is 2.12. The molecule has 0 spiro atoms. The van der Waals surface area contributed by atoms with Gasteiger partial charge in [-0.15, -0.1) is 0 Å². The number of fused-ring (bicyclic) bond motifs is 1. The van der Waals surface area contributed by atoms with Crippen LogP contribution >= 0.6 is 0 Å². The van der Waals surface area contributed by atoms with Gasteiger partial charge in [0.2, 0.25) is 0 Å². The molecule has 3 aliphatic carbocycles. The molecule has 0 aromatic rings. The zero-order chi connectivity index (χ0) is 12.8. The second-order valence-electron chi connectivity index (χ2n) is 5.93. The second-order valence-corrected chi connectivity index (χ2v) is 5.93. The minimum Gasteiger partial charge on any atom is -0.458 e. The van der Waals surface area contributed by atoms with Gasteiger partial charge < -0.3 is 4.74 Å². The molecule has 3 rings (SSSR count). The van der Waals surface area contributed by atoms with Crippen molar-refractivity contribution in [3.63, 3.8) is 0 Å². The number of hydrogen-bond acceptors (Lipinski definition) is 2. The second kappa shape index (κ2) is 4.01. The molecule has 2 bridgehead atoms. The zero-order valence-corrected chi connectivity index (χ0v) is 11.4. The molecule has 0 N–H and O–H groups in total. The lowest BCUT2D eigenvalue weighted by atomic mass is 9.47. The van der Waals surface area contributed by atoms with Crippen LogP contribution in [0.3, 0.4) is 0 Å². The van der Waals surface area contributed by atoms with E-state index in [0.717, 1.165) is 6.42 Å². The van der Waals surface area contributed by atoms with E-state index in [1.807, 2.05) is 19.9 Å². The van der Waals surface area contributed by atoms with Crippen LogP contribution in [0.4, 0.5) is 0 Å². The molecule has 1 fully saturated rings. The molecule has 0 unspecified atom stereocenters. The first-order valence-corrected chi connectivity index (χ1v) is 6.40. The summed E-state index contributed by atoms with van der Waals surface area (Å²) >= 11 is 0. The van der Waals surface area contributed by atoms with Gasteiger partial charge in [0, 0.05) is 17.4 Å². The van der Waals surface area contributed by atoms with Crippen LogP contribution in [0.1, 0.15) is 41.0 Å². The molecule has 3 aliphatic rings. The highest BCUT2D eigenvalue weighted by Crippen LogP contribution is 2.60. The summed E-state index contributed by atoms with van der Waals surface area (Å²) in [6.45, 7) is 10.4. The molecule has 0 saturated heterocycles. The first kappa shape index (κ1) is 12.4. The number of allylic oxidation sites excluding steroid dienone is 2. The normalized spacial score (nSPS) is 34.8. The van der Waals surface area contributed by atoms with E-state index in [2.05, 4.69) is 26.8 Å². The standard InChI is InChI=1S/C15H22O2/c1-6-9(2)14(16)17-13-11-8-7-10(3)12(13)15(11,4)5/h6-7,11-13H,8H2,1-5H3/b9-6-/t11-,12+,13-/m0/s1. The van der Waals surface area contributed by atoms with E-state index in [4.69, 9.17) is 4.74 Å². The van der Waals surface area contributed by atoms with Crippen molar-refractivity contribution in [3.8, 4) is 0 Å². The predicted octanol–water partition coefficient (Wildman–Crippen LogP) is 3.49. The molecule has 17 heavy (non-hydrogen) atoms. The highest BCUT2D eigenvalue weighted by molar-refractivity contribution is 5.87. The molecule has 0 heterocycles. The molecule has 2 heteroatoms. The van der Waals surface area contributed by atoms with Crippen LogP contribution in [0, 0.1) is 17.3 Å². The number of rotatable bonds is 2. The summed E-state index contributed by atoms with van der Waals surface area (Å²) in [5.41, 5.74) is 2.37. The highest BCUT2D eigenvalue weighted by atomic mass is 16.5. The number of carbonyl (C=O) groups excluding carboxylic acids is 1. The molecular weight excluding hydrogens is 212 g/mol. The lowest BCUT2D eigenvalue weighted by molar-refractivity contribution is -0.188. The lowest BCUT2D eigenvalue weighted by Crippen LogP contribution is -2.61. The van der Waals surface area contributed by atoms with Crippen molar-refractivity contribution >= 4 is 5.97 Å². The lowest BCUT2D eigenvalue weighted by Gasteiger charge is -2.60. The monoisotopic (exact) mass is 234 g/mol. The van der Waals surface area contributed by atoms with E-state index in [-0.39, 0.29) is 17.5 Å². The Labute approximate surface area is 104 Å². The molecule has 94 valence electrons. The van der Waals surface area contributed by atoms with Gasteiger partial charge in [-0.1, -0.05) is 31.6 Å². The van der Waals surface area contributed by atoms with E-state index >= 15 is 0 Å². The minimum atomic E-state index is -0.155. The average molecular weight is 234 g/mol. The molecule has 3 atom stereocenters. The summed E-state index contributed by atoms with van der Waals surface area (Å²) < 4.78 is 5.66. The molecule has 1 saturated carbocycles. The summed E-state index contributed by atoms with van der Waals surface area (Å²) in [6, 6.07) is 0. The largest absolute Gasteiger partial charge is 0.458 e. The van der Waals surface area contributed by atoms with Crippen molar-refractivity contribution < 1.29 is 9.53 Å². The van der Waals surface area contributed by atoms with E-state index in [1.54, 1.807) is 0 Å². The molecule has 2 nitrogen and oxygen atoms in total. The van der Waals surface area contributed by atoms with Gasteiger partial charge >= 0.3 is 5.97 Å². The number of ether oxygens (including phenoxy) is 1. The topological polar surface area (TPSA) is 26.3 Å².